The fraction of sp³-hybridized carbons (Fsp3) is 0.474. The molecule has 0 radical (unpaired) electrons. The van der Waals surface area contributed by atoms with E-state index < -0.39 is 6.04 Å². The summed E-state index contributed by atoms with van der Waals surface area (Å²) in [6.45, 7) is 2.90. The number of nitrogens with one attached hydrogen (secondary N) is 1. The SMILES string of the molecule is CN1CCN(C(=O)[C@H](CCCO)NC(=O)c2ccc(-n3ccnn3)cc2)CC1. The minimum atomic E-state index is -0.641. The maximum absolute atomic E-state index is 12.9. The van der Waals surface area contributed by atoms with Crippen molar-refractivity contribution in [2.24, 2.45) is 0 Å². The average Bonchev–Trinajstić information content (AvgIpc) is 3.26. The molecule has 1 fully saturated rings. The molecule has 150 valence electrons. The quantitative estimate of drug-likeness (QED) is 0.690. The van der Waals surface area contributed by atoms with Gasteiger partial charge in [0.2, 0.25) is 5.91 Å². The minimum Gasteiger partial charge on any atom is -0.396 e. The largest absolute Gasteiger partial charge is 0.396 e. The summed E-state index contributed by atoms with van der Waals surface area (Å²) in [4.78, 5) is 29.5. The lowest BCUT2D eigenvalue weighted by molar-refractivity contribution is -0.135. The predicted molar refractivity (Wildman–Crippen MR) is 103 cm³/mol. The molecular weight excluding hydrogens is 360 g/mol. The maximum atomic E-state index is 12.9. The molecule has 2 heterocycles. The van der Waals surface area contributed by atoms with Crippen LogP contribution in [0, 0.1) is 0 Å². The highest BCUT2D eigenvalue weighted by atomic mass is 16.3. The number of aromatic nitrogens is 3. The number of rotatable bonds is 7. The van der Waals surface area contributed by atoms with E-state index in [4.69, 9.17) is 5.11 Å². The molecule has 1 atom stereocenters. The molecule has 1 aromatic heterocycles. The zero-order chi connectivity index (χ0) is 19.9. The predicted octanol–water partition coefficient (Wildman–Crippen LogP) is -0.0878. The molecule has 28 heavy (non-hydrogen) atoms. The number of piperazine rings is 1. The van der Waals surface area contributed by atoms with Gasteiger partial charge in [-0.15, -0.1) is 5.10 Å². The van der Waals surface area contributed by atoms with Gasteiger partial charge in [-0.1, -0.05) is 5.21 Å². The smallest absolute Gasteiger partial charge is 0.251 e. The highest BCUT2D eigenvalue weighted by molar-refractivity contribution is 5.97. The van der Waals surface area contributed by atoms with E-state index in [9.17, 15) is 9.59 Å². The molecule has 3 rings (SSSR count). The van der Waals surface area contributed by atoms with Crippen LogP contribution >= 0.6 is 0 Å². The Balaban J connectivity index is 1.66. The second-order valence-corrected chi connectivity index (χ2v) is 6.91. The lowest BCUT2D eigenvalue weighted by atomic mass is 10.1. The number of hydrogen-bond donors (Lipinski definition) is 2. The van der Waals surface area contributed by atoms with Crippen LogP contribution in [0.4, 0.5) is 0 Å². The molecule has 9 heteroatoms. The van der Waals surface area contributed by atoms with Gasteiger partial charge in [-0.25, -0.2) is 4.68 Å². The summed E-state index contributed by atoms with van der Waals surface area (Å²) in [5.74, 6) is -0.398. The maximum Gasteiger partial charge on any atom is 0.251 e. The van der Waals surface area contributed by atoms with Gasteiger partial charge in [0.1, 0.15) is 6.04 Å². The molecule has 1 aliphatic heterocycles. The van der Waals surface area contributed by atoms with Crippen molar-refractivity contribution in [1.29, 1.82) is 0 Å². The summed E-state index contributed by atoms with van der Waals surface area (Å²) >= 11 is 0. The summed E-state index contributed by atoms with van der Waals surface area (Å²) in [5.41, 5.74) is 1.25. The molecular formula is C19H26N6O3. The fourth-order valence-electron chi connectivity index (χ4n) is 3.15. The van der Waals surface area contributed by atoms with Gasteiger partial charge >= 0.3 is 0 Å². The van der Waals surface area contributed by atoms with Gasteiger partial charge in [0.25, 0.3) is 5.91 Å². The molecule has 2 N–H and O–H groups in total. The summed E-state index contributed by atoms with van der Waals surface area (Å²) in [5, 5.41) is 19.7. The monoisotopic (exact) mass is 386 g/mol. The van der Waals surface area contributed by atoms with E-state index in [1.165, 1.54) is 0 Å². The van der Waals surface area contributed by atoms with Crippen molar-refractivity contribution in [1.82, 2.24) is 30.1 Å². The van der Waals surface area contributed by atoms with Gasteiger partial charge in [-0.2, -0.15) is 0 Å². The number of likely N-dealkylation sites (N-methyl/N-ethyl adjacent to an activating group) is 1. The van der Waals surface area contributed by atoms with Crippen LogP contribution in [0.25, 0.3) is 5.69 Å². The van der Waals surface area contributed by atoms with Crippen LogP contribution in [0.2, 0.25) is 0 Å². The van der Waals surface area contributed by atoms with Crippen molar-refractivity contribution < 1.29 is 14.7 Å². The van der Waals surface area contributed by atoms with Crippen LogP contribution in [0.3, 0.4) is 0 Å². The van der Waals surface area contributed by atoms with Crippen molar-refractivity contribution in [3.8, 4) is 5.69 Å². The van der Waals surface area contributed by atoms with E-state index in [0.29, 0.717) is 31.5 Å². The average molecular weight is 386 g/mol. The van der Waals surface area contributed by atoms with Crippen LogP contribution in [-0.2, 0) is 4.79 Å². The van der Waals surface area contributed by atoms with Crippen LogP contribution < -0.4 is 5.32 Å². The van der Waals surface area contributed by atoms with Gasteiger partial charge in [0.15, 0.2) is 0 Å². The zero-order valence-corrected chi connectivity index (χ0v) is 16.0. The second-order valence-electron chi connectivity index (χ2n) is 6.91. The zero-order valence-electron chi connectivity index (χ0n) is 16.0. The third kappa shape index (κ3) is 4.93. The first-order valence-corrected chi connectivity index (χ1v) is 9.44. The van der Waals surface area contributed by atoms with Crippen molar-refractivity contribution in [2.75, 3.05) is 39.8 Å². The first-order chi connectivity index (χ1) is 13.6. The molecule has 0 spiro atoms. The Morgan fingerprint density at radius 1 is 1.18 bits per heavy atom. The first kappa shape index (κ1) is 20.0. The molecule has 0 saturated carbocycles. The summed E-state index contributed by atoms with van der Waals surface area (Å²) in [6, 6.07) is 6.28. The number of benzene rings is 1. The molecule has 0 unspecified atom stereocenters. The lowest BCUT2D eigenvalue weighted by Crippen LogP contribution is -2.54. The van der Waals surface area contributed by atoms with Crippen LogP contribution in [0.5, 0.6) is 0 Å². The van der Waals surface area contributed by atoms with Crippen molar-refractivity contribution >= 4 is 11.8 Å². The lowest BCUT2D eigenvalue weighted by Gasteiger charge is -2.34. The van der Waals surface area contributed by atoms with Gasteiger partial charge in [0.05, 0.1) is 18.1 Å². The molecule has 1 aliphatic rings. The Morgan fingerprint density at radius 3 is 2.50 bits per heavy atom. The Morgan fingerprint density at radius 2 is 1.89 bits per heavy atom. The van der Waals surface area contributed by atoms with E-state index >= 15 is 0 Å². The van der Waals surface area contributed by atoms with Gasteiger partial charge < -0.3 is 20.2 Å². The number of aliphatic hydroxyl groups excluding tert-OH is 1. The number of amides is 2. The Labute approximate surface area is 163 Å². The second kappa shape index (κ2) is 9.43. The van der Waals surface area contributed by atoms with Gasteiger partial charge in [-0.3, -0.25) is 9.59 Å². The van der Waals surface area contributed by atoms with E-state index in [2.05, 4.69) is 20.5 Å². The third-order valence-corrected chi connectivity index (χ3v) is 4.89. The third-order valence-electron chi connectivity index (χ3n) is 4.89. The number of carbonyl (C=O) groups excluding carboxylic acids is 2. The number of hydrogen-bond acceptors (Lipinski definition) is 6. The molecule has 1 saturated heterocycles. The van der Waals surface area contributed by atoms with Crippen LogP contribution in [0.1, 0.15) is 23.2 Å². The molecule has 0 aliphatic carbocycles. The van der Waals surface area contributed by atoms with Crippen molar-refractivity contribution in [2.45, 2.75) is 18.9 Å². The van der Waals surface area contributed by atoms with E-state index in [-0.39, 0.29) is 18.4 Å². The summed E-state index contributed by atoms with van der Waals surface area (Å²) < 4.78 is 1.60. The summed E-state index contributed by atoms with van der Waals surface area (Å²) in [6.07, 6.45) is 4.16. The van der Waals surface area contributed by atoms with Crippen LogP contribution in [-0.4, -0.2) is 87.6 Å². The fourth-order valence-corrected chi connectivity index (χ4v) is 3.15. The van der Waals surface area contributed by atoms with E-state index in [1.54, 1.807) is 46.2 Å². The van der Waals surface area contributed by atoms with Crippen molar-refractivity contribution in [3.05, 3.63) is 42.2 Å². The van der Waals surface area contributed by atoms with E-state index in [0.717, 1.165) is 18.8 Å². The Hall–Kier alpha value is -2.78. The van der Waals surface area contributed by atoms with Gasteiger partial charge in [0, 0.05) is 38.3 Å². The number of nitrogens with zero attached hydrogens (tertiary/aromatic N) is 5. The van der Waals surface area contributed by atoms with Gasteiger partial charge in [-0.05, 0) is 44.2 Å². The summed E-state index contributed by atoms with van der Waals surface area (Å²) in [7, 11) is 2.02. The normalized spacial score (nSPS) is 16.0. The highest BCUT2D eigenvalue weighted by Crippen LogP contribution is 2.11. The molecule has 9 nitrogen and oxygen atoms in total. The molecule has 2 aromatic rings. The standard InChI is InChI=1S/C19H26N6O3/c1-23-10-12-24(13-11-23)19(28)17(3-2-14-26)21-18(27)15-4-6-16(7-5-15)25-9-8-20-22-25/h4-9,17,26H,2-3,10-14H2,1H3,(H,21,27)/t17-/m0/s1. The molecule has 2 amide bonds. The Kier molecular flexibility index (Phi) is 6.72. The minimum absolute atomic E-state index is 0.0189. The molecule has 1 aromatic carbocycles. The Bertz CT molecular complexity index is 769. The van der Waals surface area contributed by atoms with Crippen LogP contribution in [0.15, 0.2) is 36.7 Å². The first-order valence-electron chi connectivity index (χ1n) is 9.44. The topological polar surface area (TPSA) is 104 Å². The van der Waals surface area contributed by atoms with E-state index in [1.807, 2.05) is 7.05 Å². The number of carbonyl (C=O) groups is 2. The molecule has 0 bridgehead atoms. The number of aliphatic hydroxyl groups is 1. The highest BCUT2D eigenvalue weighted by Gasteiger charge is 2.27. The van der Waals surface area contributed by atoms with Crippen molar-refractivity contribution in [3.63, 3.8) is 0 Å².